The summed E-state index contributed by atoms with van der Waals surface area (Å²) in [4.78, 5) is 21.8. The summed E-state index contributed by atoms with van der Waals surface area (Å²) in [5, 5.41) is 2.95. The molecule has 7 heteroatoms. The number of amides is 2. The maximum atomic E-state index is 14.0. The van der Waals surface area contributed by atoms with E-state index in [-0.39, 0.29) is 17.8 Å². The maximum Gasteiger partial charge on any atom is 0.328 e. The topological polar surface area (TPSA) is 47.9 Å². The largest absolute Gasteiger partial charge is 0.328 e. The number of anilines is 1. The van der Waals surface area contributed by atoms with Gasteiger partial charge in [-0.15, -0.1) is 0 Å². The fraction of sp³-hybridized carbons (Fsp3) is 0.417. The molecule has 2 aromatic carbocycles. The minimum atomic E-state index is -0.741. The Morgan fingerprint density at radius 1 is 1.06 bits per heavy atom. The second-order valence-electron chi connectivity index (χ2n) is 8.79. The highest BCUT2D eigenvalue weighted by Gasteiger charge is 2.55. The van der Waals surface area contributed by atoms with Gasteiger partial charge in [0.15, 0.2) is 0 Å². The number of benzene rings is 2. The van der Waals surface area contributed by atoms with E-state index < -0.39 is 17.2 Å². The van der Waals surface area contributed by atoms with E-state index in [1.54, 1.807) is 0 Å². The van der Waals surface area contributed by atoms with Crippen LogP contribution in [0.25, 0.3) is 0 Å². The van der Waals surface area contributed by atoms with Crippen LogP contribution in [0.5, 0.6) is 0 Å². The molecule has 2 aromatic rings. The summed E-state index contributed by atoms with van der Waals surface area (Å²) < 4.78 is 28.1. The van der Waals surface area contributed by atoms with Crippen LogP contribution < -0.4 is 10.2 Å². The highest BCUT2D eigenvalue weighted by molar-refractivity contribution is 6.19. The van der Waals surface area contributed by atoms with Gasteiger partial charge in [-0.2, -0.15) is 0 Å². The standard InChI is InChI=1S/C24H26F2N4O/c25-18-12-19(26)14-21(13-18)30-23(31)28-22(27-20-8-4-5-9-20)24(30)10-11-29(16-24)15-17-6-2-1-3-7-17/h1-3,6-7,12-14,20H,4-5,8-11,15-16H2,(H,27,28,31). The Labute approximate surface area is 180 Å². The number of aliphatic imine (C=N–C) groups is 1. The predicted molar refractivity (Wildman–Crippen MR) is 116 cm³/mol. The molecule has 162 valence electrons. The molecule has 0 radical (unpaired) electrons. The van der Waals surface area contributed by atoms with Crippen LogP contribution in [0.2, 0.25) is 0 Å². The van der Waals surface area contributed by atoms with Gasteiger partial charge >= 0.3 is 6.03 Å². The van der Waals surface area contributed by atoms with E-state index in [1.807, 2.05) is 18.2 Å². The van der Waals surface area contributed by atoms with E-state index in [2.05, 4.69) is 22.3 Å². The van der Waals surface area contributed by atoms with Crippen LogP contribution in [0.15, 0.2) is 53.5 Å². The zero-order chi connectivity index (χ0) is 21.4. The molecule has 2 amide bonds. The fourth-order valence-corrected chi connectivity index (χ4v) is 5.20. The Morgan fingerprint density at radius 3 is 2.48 bits per heavy atom. The molecule has 2 saturated heterocycles. The van der Waals surface area contributed by atoms with Crippen molar-refractivity contribution in [3.05, 3.63) is 65.7 Å². The predicted octanol–water partition coefficient (Wildman–Crippen LogP) is 4.48. The molecule has 1 unspecified atom stereocenters. The lowest BCUT2D eigenvalue weighted by molar-refractivity contribution is 0.250. The van der Waals surface area contributed by atoms with Gasteiger partial charge in [0.25, 0.3) is 0 Å². The molecular formula is C24H26F2N4O. The zero-order valence-corrected chi connectivity index (χ0v) is 17.4. The Kier molecular flexibility index (Phi) is 5.22. The maximum absolute atomic E-state index is 14.0. The molecule has 2 heterocycles. The molecule has 31 heavy (non-hydrogen) atoms. The second kappa shape index (κ2) is 8.04. The highest BCUT2D eigenvalue weighted by Crippen LogP contribution is 2.39. The summed E-state index contributed by atoms with van der Waals surface area (Å²) in [5.74, 6) is -0.749. The molecule has 0 bridgehead atoms. The van der Waals surface area contributed by atoms with Crippen molar-refractivity contribution in [3.8, 4) is 0 Å². The van der Waals surface area contributed by atoms with Crippen LogP contribution in [0.3, 0.4) is 0 Å². The minimum absolute atomic E-state index is 0.194. The van der Waals surface area contributed by atoms with Crippen molar-refractivity contribution < 1.29 is 13.6 Å². The average Bonchev–Trinajstić information content (AvgIpc) is 3.44. The molecule has 0 aromatic heterocycles. The number of carbonyl (C=O) groups excluding carboxylic acids is 1. The quantitative estimate of drug-likeness (QED) is 0.787. The van der Waals surface area contributed by atoms with Gasteiger partial charge in [0, 0.05) is 25.7 Å². The molecule has 3 fully saturated rings. The van der Waals surface area contributed by atoms with Crippen molar-refractivity contribution in [1.29, 1.82) is 0 Å². The third-order valence-electron chi connectivity index (χ3n) is 6.61. The van der Waals surface area contributed by atoms with E-state index in [4.69, 9.17) is 4.99 Å². The van der Waals surface area contributed by atoms with Crippen molar-refractivity contribution in [2.45, 2.75) is 50.2 Å². The van der Waals surface area contributed by atoms with Crippen LogP contribution in [0, 0.1) is 11.6 Å². The molecule has 1 atom stereocenters. The van der Waals surface area contributed by atoms with Gasteiger partial charge in [0.1, 0.15) is 23.0 Å². The van der Waals surface area contributed by atoms with Gasteiger partial charge < -0.3 is 0 Å². The number of halogens is 2. The molecule has 1 saturated carbocycles. The van der Waals surface area contributed by atoms with E-state index >= 15 is 0 Å². The molecule has 1 aliphatic carbocycles. The summed E-state index contributed by atoms with van der Waals surface area (Å²) in [6.45, 7) is 2.07. The normalized spacial score (nSPS) is 25.8. The Morgan fingerprint density at radius 2 is 1.77 bits per heavy atom. The Hall–Kier alpha value is -2.80. The smallest absolute Gasteiger partial charge is 0.296 e. The lowest BCUT2D eigenvalue weighted by Gasteiger charge is -2.34. The van der Waals surface area contributed by atoms with Crippen molar-refractivity contribution in [1.82, 2.24) is 10.2 Å². The van der Waals surface area contributed by atoms with E-state index in [0.29, 0.717) is 18.8 Å². The molecule has 1 spiro atoms. The number of carbonyl (C=O) groups is 1. The lowest BCUT2D eigenvalue weighted by atomic mass is 9.95. The first kappa shape index (κ1) is 20.1. The number of hydrogen-bond donors (Lipinski definition) is 1. The number of urea groups is 1. The summed E-state index contributed by atoms with van der Waals surface area (Å²) >= 11 is 0. The van der Waals surface area contributed by atoms with Gasteiger partial charge in [0.05, 0.1) is 11.7 Å². The van der Waals surface area contributed by atoms with Crippen LogP contribution in [-0.4, -0.2) is 41.4 Å². The third kappa shape index (κ3) is 3.83. The van der Waals surface area contributed by atoms with Gasteiger partial charge in [-0.25, -0.2) is 13.6 Å². The monoisotopic (exact) mass is 424 g/mol. The van der Waals surface area contributed by atoms with E-state index in [0.717, 1.165) is 44.8 Å². The van der Waals surface area contributed by atoms with Gasteiger partial charge in [-0.05, 0) is 37.0 Å². The van der Waals surface area contributed by atoms with Gasteiger partial charge in [-0.1, -0.05) is 43.2 Å². The minimum Gasteiger partial charge on any atom is -0.296 e. The number of nitrogens with one attached hydrogen (secondary N) is 1. The summed E-state index contributed by atoms with van der Waals surface area (Å²) in [7, 11) is 0. The van der Waals surface area contributed by atoms with E-state index in [1.165, 1.54) is 22.6 Å². The SMILES string of the molecule is O=C1NC(=NC2CCCC2)C2(CCN(Cc3ccccc3)C2)N1c1cc(F)cc(F)c1. The molecule has 2 aliphatic heterocycles. The van der Waals surface area contributed by atoms with Gasteiger partial charge in [-0.3, -0.25) is 20.1 Å². The summed E-state index contributed by atoms with van der Waals surface area (Å²) in [5.41, 5.74) is 0.678. The fourth-order valence-electron chi connectivity index (χ4n) is 5.20. The lowest BCUT2D eigenvalue weighted by Crippen LogP contribution is -2.52. The Balaban J connectivity index is 1.51. The molecule has 5 nitrogen and oxygen atoms in total. The molecular weight excluding hydrogens is 398 g/mol. The number of rotatable bonds is 4. The summed E-state index contributed by atoms with van der Waals surface area (Å²) in [6, 6.07) is 13.3. The van der Waals surface area contributed by atoms with Crippen molar-refractivity contribution in [2.75, 3.05) is 18.0 Å². The van der Waals surface area contributed by atoms with Crippen LogP contribution in [0.1, 0.15) is 37.7 Å². The van der Waals surface area contributed by atoms with Crippen molar-refractivity contribution >= 4 is 17.6 Å². The number of amidine groups is 1. The highest BCUT2D eigenvalue weighted by atomic mass is 19.1. The average molecular weight is 424 g/mol. The third-order valence-corrected chi connectivity index (χ3v) is 6.61. The van der Waals surface area contributed by atoms with Crippen molar-refractivity contribution in [3.63, 3.8) is 0 Å². The Bertz CT molecular complexity index is 986. The number of likely N-dealkylation sites (tertiary alicyclic amines) is 1. The molecule has 1 N–H and O–H groups in total. The van der Waals surface area contributed by atoms with Crippen molar-refractivity contribution in [2.24, 2.45) is 4.99 Å². The van der Waals surface area contributed by atoms with Gasteiger partial charge in [0.2, 0.25) is 0 Å². The number of nitrogens with zero attached hydrogens (tertiary/aromatic N) is 3. The van der Waals surface area contributed by atoms with E-state index in [9.17, 15) is 13.6 Å². The first-order valence-electron chi connectivity index (χ1n) is 11.0. The molecule has 3 aliphatic rings. The zero-order valence-electron chi connectivity index (χ0n) is 17.4. The second-order valence-corrected chi connectivity index (χ2v) is 8.79. The summed E-state index contributed by atoms with van der Waals surface area (Å²) in [6.07, 6.45) is 4.96. The first-order valence-corrected chi connectivity index (χ1v) is 11.0. The molecule has 5 rings (SSSR count). The van der Waals surface area contributed by atoms with Crippen LogP contribution in [-0.2, 0) is 6.54 Å². The first-order chi connectivity index (χ1) is 15.0. The van der Waals surface area contributed by atoms with Crippen LogP contribution in [0.4, 0.5) is 19.3 Å². The van der Waals surface area contributed by atoms with Crippen LogP contribution >= 0.6 is 0 Å². The number of hydrogen-bond acceptors (Lipinski definition) is 3.